The Morgan fingerprint density at radius 1 is 1.42 bits per heavy atom. The predicted octanol–water partition coefficient (Wildman–Crippen LogP) is 1.50. The van der Waals surface area contributed by atoms with Gasteiger partial charge in [0, 0.05) is 18.2 Å². The number of nitrogens with zero attached hydrogens (tertiary/aromatic N) is 2. The molecule has 0 spiro atoms. The van der Waals surface area contributed by atoms with Crippen molar-refractivity contribution in [3.8, 4) is 0 Å². The number of nitrogens with two attached hydrogens (primary N) is 1. The minimum absolute atomic E-state index is 0.00294. The monoisotopic (exact) mass is 381 g/mol. The standard InChI is InChI=1S/C16H19N3O6S/c1-9-3-2-6-18(14(9)16(22)23)13(20)8-26-12-5-4-10(15(17)21)7-11(12)19(24)25/h4-5,7,9,14H,2-3,6,8H2,1H3,(H2,17,21)(H,22,23). The van der Waals surface area contributed by atoms with Crippen molar-refractivity contribution in [1.29, 1.82) is 0 Å². The zero-order chi connectivity index (χ0) is 19.4. The molecular weight excluding hydrogens is 362 g/mol. The molecule has 0 saturated carbocycles. The van der Waals surface area contributed by atoms with Gasteiger partial charge in [0.2, 0.25) is 11.8 Å². The first-order valence-electron chi connectivity index (χ1n) is 7.95. The summed E-state index contributed by atoms with van der Waals surface area (Å²) in [7, 11) is 0. The van der Waals surface area contributed by atoms with Crippen molar-refractivity contribution >= 4 is 35.2 Å². The van der Waals surface area contributed by atoms with E-state index in [1.165, 1.54) is 17.0 Å². The average Bonchev–Trinajstić information content (AvgIpc) is 2.58. The van der Waals surface area contributed by atoms with Gasteiger partial charge in [0.1, 0.15) is 6.04 Å². The number of carboxylic acids is 1. The number of nitro groups is 1. The normalized spacial score (nSPS) is 19.8. The Labute approximate surface area is 153 Å². The van der Waals surface area contributed by atoms with E-state index in [0.717, 1.165) is 30.7 Å². The number of rotatable bonds is 6. The van der Waals surface area contributed by atoms with Crippen LogP contribution in [-0.4, -0.2) is 51.1 Å². The van der Waals surface area contributed by atoms with E-state index in [-0.39, 0.29) is 33.7 Å². The van der Waals surface area contributed by atoms with Crippen LogP contribution in [0.15, 0.2) is 23.1 Å². The fraction of sp³-hybridized carbons (Fsp3) is 0.438. The second-order valence-electron chi connectivity index (χ2n) is 6.08. The fourth-order valence-electron chi connectivity index (χ4n) is 3.00. The largest absolute Gasteiger partial charge is 0.480 e. The third-order valence-electron chi connectivity index (χ3n) is 4.30. The highest BCUT2D eigenvalue weighted by Crippen LogP contribution is 2.31. The van der Waals surface area contributed by atoms with E-state index in [9.17, 15) is 29.6 Å². The van der Waals surface area contributed by atoms with Gasteiger partial charge < -0.3 is 15.7 Å². The van der Waals surface area contributed by atoms with E-state index in [4.69, 9.17) is 5.73 Å². The molecule has 2 rings (SSSR count). The number of nitro benzene ring substituents is 1. The summed E-state index contributed by atoms with van der Waals surface area (Å²) in [4.78, 5) is 47.2. The summed E-state index contributed by atoms with van der Waals surface area (Å²) >= 11 is 0.935. The van der Waals surface area contributed by atoms with Crippen LogP contribution in [0.1, 0.15) is 30.1 Å². The van der Waals surface area contributed by atoms with E-state index in [0.29, 0.717) is 6.54 Å². The van der Waals surface area contributed by atoms with E-state index >= 15 is 0 Å². The summed E-state index contributed by atoms with van der Waals surface area (Å²) < 4.78 is 0. The maximum Gasteiger partial charge on any atom is 0.326 e. The lowest BCUT2D eigenvalue weighted by molar-refractivity contribution is -0.387. The van der Waals surface area contributed by atoms with Crippen molar-refractivity contribution in [1.82, 2.24) is 4.90 Å². The Bertz CT molecular complexity index is 754. The topological polar surface area (TPSA) is 144 Å². The second-order valence-corrected chi connectivity index (χ2v) is 7.10. The number of amides is 2. The van der Waals surface area contributed by atoms with Crippen LogP contribution in [0.2, 0.25) is 0 Å². The Balaban J connectivity index is 2.15. The van der Waals surface area contributed by atoms with Crippen molar-refractivity contribution in [2.75, 3.05) is 12.3 Å². The molecule has 0 aromatic heterocycles. The van der Waals surface area contributed by atoms with Crippen molar-refractivity contribution in [3.63, 3.8) is 0 Å². The lowest BCUT2D eigenvalue weighted by atomic mass is 9.91. The molecule has 140 valence electrons. The van der Waals surface area contributed by atoms with Crippen LogP contribution in [-0.2, 0) is 9.59 Å². The average molecular weight is 381 g/mol. The summed E-state index contributed by atoms with van der Waals surface area (Å²) in [5.74, 6) is -2.51. The van der Waals surface area contributed by atoms with E-state index in [1.807, 2.05) is 0 Å². The maximum atomic E-state index is 12.5. The van der Waals surface area contributed by atoms with Gasteiger partial charge >= 0.3 is 5.97 Å². The molecule has 10 heteroatoms. The summed E-state index contributed by atoms with van der Waals surface area (Å²) in [5.41, 5.74) is 4.81. The third-order valence-corrected chi connectivity index (χ3v) is 5.35. The highest BCUT2D eigenvalue weighted by molar-refractivity contribution is 8.00. The first kappa shape index (κ1) is 19.7. The molecule has 1 aliphatic rings. The highest BCUT2D eigenvalue weighted by Gasteiger charge is 2.37. The van der Waals surface area contributed by atoms with E-state index in [2.05, 4.69) is 0 Å². The second kappa shape index (κ2) is 8.17. The summed E-state index contributed by atoms with van der Waals surface area (Å²) in [6.45, 7) is 2.14. The first-order chi connectivity index (χ1) is 12.2. The summed E-state index contributed by atoms with van der Waals surface area (Å²) in [5, 5.41) is 20.6. The predicted molar refractivity (Wildman–Crippen MR) is 93.9 cm³/mol. The molecular formula is C16H19N3O6S. The molecule has 2 unspecified atom stereocenters. The quantitative estimate of drug-likeness (QED) is 0.431. The molecule has 1 saturated heterocycles. The van der Waals surface area contributed by atoms with Gasteiger partial charge in [-0.05, 0) is 30.9 Å². The number of carbonyl (C=O) groups excluding carboxylic acids is 2. The van der Waals surface area contributed by atoms with Gasteiger partial charge in [0.15, 0.2) is 0 Å². The van der Waals surface area contributed by atoms with Gasteiger partial charge in [-0.25, -0.2) is 4.79 Å². The number of likely N-dealkylation sites (tertiary alicyclic amines) is 1. The zero-order valence-electron chi connectivity index (χ0n) is 14.1. The Morgan fingerprint density at radius 3 is 2.69 bits per heavy atom. The number of hydrogen-bond acceptors (Lipinski definition) is 6. The number of aliphatic carboxylic acids is 1. The number of hydrogen-bond donors (Lipinski definition) is 2. The molecule has 3 N–H and O–H groups in total. The maximum absolute atomic E-state index is 12.5. The third kappa shape index (κ3) is 4.31. The van der Waals surface area contributed by atoms with Gasteiger partial charge in [0.25, 0.3) is 5.69 Å². The van der Waals surface area contributed by atoms with Gasteiger partial charge in [-0.1, -0.05) is 6.92 Å². The van der Waals surface area contributed by atoms with Crippen LogP contribution < -0.4 is 5.73 Å². The molecule has 1 aromatic rings. The number of thioether (sulfide) groups is 1. The molecule has 0 bridgehead atoms. The lowest BCUT2D eigenvalue weighted by Gasteiger charge is -2.37. The highest BCUT2D eigenvalue weighted by atomic mass is 32.2. The van der Waals surface area contributed by atoms with Crippen LogP contribution in [0.4, 0.5) is 5.69 Å². The van der Waals surface area contributed by atoms with Crippen molar-refractivity contribution < 1.29 is 24.4 Å². The summed E-state index contributed by atoms with van der Waals surface area (Å²) in [6.07, 6.45) is 1.45. The van der Waals surface area contributed by atoms with E-state index in [1.54, 1.807) is 6.92 Å². The Hall–Kier alpha value is -2.62. The molecule has 0 aliphatic carbocycles. The fourth-order valence-corrected chi connectivity index (χ4v) is 3.89. The van der Waals surface area contributed by atoms with Gasteiger partial charge in [0.05, 0.1) is 15.6 Å². The minimum Gasteiger partial charge on any atom is -0.480 e. The molecule has 9 nitrogen and oxygen atoms in total. The smallest absolute Gasteiger partial charge is 0.326 e. The van der Waals surface area contributed by atoms with Crippen LogP contribution in [0.3, 0.4) is 0 Å². The molecule has 1 fully saturated rings. The van der Waals surface area contributed by atoms with Gasteiger partial charge in [-0.15, -0.1) is 11.8 Å². The first-order valence-corrected chi connectivity index (χ1v) is 8.94. The number of piperidine rings is 1. The van der Waals surface area contributed by atoms with Gasteiger partial charge in [-0.2, -0.15) is 0 Å². The van der Waals surface area contributed by atoms with Crippen molar-refractivity contribution in [3.05, 3.63) is 33.9 Å². The van der Waals surface area contributed by atoms with E-state index < -0.39 is 22.8 Å². The van der Waals surface area contributed by atoms with Gasteiger partial charge in [-0.3, -0.25) is 19.7 Å². The zero-order valence-corrected chi connectivity index (χ0v) is 14.9. The minimum atomic E-state index is -1.05. The lowest BCUT2D eigenvalue weighted by Crippen LogP contribution is -2.52. The molecule has 26 heavy (non-hydrogen) atoms. The van der Waals surface area contributed by atoms with Crippen molar-refractivity contribution in [2.24, 2.45) is 11.7 Å². The van der Waals surface area contributed by atoms with Crippen LogP contribution >= 0.6 is 11.8 Å². The summed E-state index contributed by atoms with van der Waals surface area (Å²) in [6, 6.07) is 2.90. The number of primary amides is 1. The molecule has 2 atom stereocenters. The van der Waals surface area contributed by atoms with Crippen LogP contribution in [0, 0.1) is 16.0 Å². The number of carboxylic acid groups (broad SMARTS) is 1. The van der Waals surface area contributed by atoms with Crippen LogP contribution in [0.5, 0.6) is 0 Å². The van der Waals surface area contributed by atoms with Crippen LogP contribution in [0.25, 0.3) is 0 Å². The Kier molecular flexibility index (Phi) is 6.19. The SMILES string of the molecule is CC1CCCN(C(=O)CSc2ccc(C(N)=O)cc2[N+](=O)[O-])C1C(=O)O. The molecule has 0 radical (unpaired) electrons. The van der Waals surface area contributed by atoms with Crippen molar-refractivity contribution in [2.45, 2.75) is 30.7 Å². The number of benzene rings is 1. The molecule has 1 aromatic carbocycles. The molecule has 1 aliphatic heterocycles. The molecule has 2 amide bonds. The Morgan fingerprint density at radius 2 is 2.12 bits per heavy atom. The molecule has 1 heterocycles. The number of carbonyl (C=O) groups is 3.